The van der Waals surface area contributed by atoms with Crippen molar-refractivity contribution in [3.63, 3.8) is 0 Å². The summed E-state index contributed by atoms with van der Waals surface area (Å²) in [5.41, 5.74) is 19.8. The third-order valence-electron chi connectivity index (χ3n) is 14.3. The van der Waals surface area contributed by atoms with E-state index in [2.05, 4.69) is 265 Å². The van der Waals surface area contributed by atoms with Gasteiger partial charge in [-0.2, -0.15) is 0 Å². The number of benzene rings is 10. The molecule has 0 unspecified atom stereocenters. The first kappa shape index (κ1) is 38.4. The average Bonchev–Trinajstić information content (AvgIpc) is 4.08. The molecule has 0 saturated heterocycles. The second-order valence-corrected chi connectivity index (χ2v) is 18.5. The molecule has 1 heterocycles. The van der Waals surface area contributed by atoms with Gasteiger partial charge in [-0.25, -0.2) is 0 Å². The minimum Gasteiger partial charge on any atom is -0.310 e. The first-order chi connectivity index (χ1) is 32.7. The minimum atomic E-state index is -0.547. The molecular formula is C64H43NS. The van der Waals surface area contributed by atoms with Crippen molar-refractivity contribution in [1.29, 1.82) is 0 Å². The van der Waals surface area contributed by atoms with Gasteiger partial charge in [-0.3, -0.25) is 0 Å². The molecule has 0 aliphatic heterocycles. The van der Waals surface area contributed by atoms with Crippen LogP contribution in [0.3, 0.4) is 0 Å². The van der Waals surface area contributed by atoms with E-state index in [1.807, 2.05) is 0 Å². The van der Waals surface area contributed by atoms with Crippen LogP contribution in [-0.4, -0.2) is 0 Å². The Hall–Kier alpha value is -8.04. The standard InChI is InChI=1S/C64H43NS/c1-5-19-46(20-6-1)63(47-21-7-2-8-22-47)57-30-16-13-28-53(57)55-36-34-50(42-59(55)63)65(61-32-18-15-27-52(61)44-33-38-62-45(41-44)39-40-66-62)51-35-37-56-54-29-14-17-31-58(54)64(60(56)43-51,48-23-9-3-10-24-48)49-25-11-4-12-26-49/h1-43H. The fourth-order valence-electron chi connectivity index (χ4n) is 11.6. The molecule has 66 heavy (non-hydrogen) atoms. The number of para-hydroxylation sites is 1. The van der Waals surface area contributed by atoms with Crippen molar-refractivity contribution in [3.05, 3.63) is 305 Å². The summed E-state index contributed by atoms with van der Waals surface area (Å²) < 4.78 is 1.29. The SMILES string of the molecule is c1ccc(C2(c3ccccc3)c3ccccc3-c3ccc(N(c4ccc5c(c4)C(c4ccccc4)(c4ccccc4)c4ccccc4-5)c4ccccc4-c4ccc5sccc5c4)cc32)cc1. The molecule has 2 aliphatic rings. The molecule has 0 spiro atoms. The van der Waals surface area contributed by atoms with Crippen molar-refractivity contribution in [2.75, 3.05) is 4.90 Å². The summed E-state index contributed by atoms with van der Waals surface area (Å²) in [5.74, 6) is 0. The summed E-state index contributed by atoms with van der Waals surface area (Å²) >= 11 is 1.79. The van der Waals surface area contributed by atoms with E-state index in [1.54, 1.807) is 11.3 Å². The molecular weight excluding hydrogens is 815 g/mol. The molecule has 0 fully saturated rings. The highest BCUT2D eigenvalue weighted by Crippen LogP contribution is 2.60. The molecule has 0 N–H and O–H groups in total. The Morgan fingerprint density at radius 1 is 0.303 bits per heavy atom. The average molecular weight is 858 g/mol. The van der Waals surface area contributed by atoms with Crippen molar-refractivity contribution in [1.82, 2.24) is 0 Å². The number of anilines is 3. The highest BCUT2D eigenvalue weighted by atomic mass is 32.1. The second-order valence-electron chi connectivity index (χ2n) is 17.5. The highest BCUT2D eigenvalue weighted by molar-refractivity contribution is 7.17. The first-order valence-electron chi connectivity index (χ1n) is 22.8. The maximum absolute atomic E-state index is 2.53. The van der Waals surface area contributed by atoms with E-state index in [0.717, 1.165) is 17.1 Å². The Labute approximate surface area is 390 Å². The van der Waals surface area contributed by atoms with Crippen LogP contribution in [0.25, 0.3) is 43.5 Å². The van der Waals surface area contributed by atoms with Gasteiger partial charge >= 0.3 is 0 Å². The molecule has 0 bridgehead atoms. The molecule has 11 aromatic rings. The second kappa shape index (κ2) is 15.3. The maximum atomic E-state index is 2.53. The van der Waals surface area contributed by atoms with E-state index >= 15 is 0 Å². The summed E-state index contributed by atoms with van der Waals surface area (Å²) in [7, 11) is 0. The van der Waals surface area contributed by atoms with Gasteiger partial charge in [0, 0.05) is 21.6 Å². The lowest BCUT2D eigenvalue weighted by Crippen LogP contribution is -2.29. The number of thiophene rings is 1. The summed E-state index contributed by atoms with van der Waals surface area (Å²) in [6.45, 7) is 0. The van der Waals surface area contributed by atoms with Crippen LogP contribution in [-0.2, 0) is 10.8 Å². The van der Waals surface area contributed by atoms with Gasteiger partial charge in [-0.05, 0) is 132 Å². The summed E-state index contributed by atoms with van der Waals surface area (Å²) in [6.07, 6.45) is 0. The molecule has 0 radical (unpaired) electrons. The van der Waals surface area contributed by atoms with E-state index in [4.69, 9.17) is 0 Å². The first-order valence-corrected chi connectivity index (χ1v) is 23.7. The van der Waals surface area contributed by atoms with Crippen LogP contribution in [0.15, 0.2) is 260 Å². The zero-order valence-electron chi connectivity index (χ0n) is 36.2. The number of nitrogens with zero attached hydrogens (tertiary/aromatic N) is 1. The van der Waals surface area contributed by atoms with Gasteiger partial charge in [-0.15, -0.1) is 11.3 Å². The molecule has 2 aliphatic carbocycles. The topological polar surface area (TPSA) is 3.24 Å². The Kier molecular flexibility index (Phi) is 8.91. The highest BCUT2D eigenvalue weighted by Gasteiger charge is 2.48. The molecule has 310 valence electrons. The van der Waals surface area contributed by atoms with Gasteiger partial charge in [-0.1, -0.05) is 206 Å². The minimum absolute atomic E-state index is 0.547. The Morgan fingerprint density at radius 2 is 0.712 bits per heavy atom. The van der Waals surface area contributed by atoms with E-state index in [0.29, 0.717) is 0 Å². The van der Waals surface area contributed by atoms with Crippen LogP contribution in [0.1, 0.15) is 44.5 Å². The largest absolute Gasteiger partial charge is 0.310 e. The fraction of sp³-hybridized carbons (Fsp3) is 0.0312. The third-order valence-corrected chi connectivity index (χ3v) is 15.2. The molecule has 0 saturated carbocycles. The Balaban J connectivity index is 1.11. The van der Waals surface area contributed by atoms with Crippen molar-refractivity contribution >= 4 is 38.5 Å². The van der Waals surface area contributed by atoms with E-state index in [1.165, 1.54) is 88.0 Å². The molecule has 1 aromatic heterocycles. The monoisotopic (exact) mass is 857 g/mol. The molecule has 13 rings (SSSR count). The zero-order valence-corrected chi connectivity index (χ0v) is 37.0. The molecule has 2 heteroatoms. The van der Waals surface area contributed by atoms with Crippen molar-refractivity contribution in [2.45, 2.75) is 10.8 Å². The van der Waals surface area contributed by atoms with Crippen LogP contribution in [0.4, 0.5) is 17.1 Å². The predicted molar refractivity (Wildman–Crippen MR) is 277 cm³/mol. The normalized spacial score (nSPS) is 13.7. The number of rotatable bonds is 8. The lowest BCUT2D eigenvalue weighted by atomic mass is 9.67. The van der Waals surface area contributed by atoms with Crippen LogP contribution >= 0.6 is 11.3 Å². The Bertz CT molecular complexity index is 3330. The predicted octanol–water partition coefficient (Wildman–Crippen LogP) is 16.8. The van der Waals surface area contributed by atoms with Gasteiger partial charge in [0.1, 0.15) is 0 Å². The van der Waals surface area contributed by atoms with Crippen molar-refractivity contribution in [3.8, 4) is 33.4 Å². The zero-order chi connectivity index (χ0) is 43.7. The van der Waals surface area contributed by atoms with Crippen molar-refractivity contribution < 1.29 is 0 Å². The summed E-state index contributed by atoms with van der Waals surface area (Å²) in [4.78, 5) is 2.53. The van der Waals surface area contributed by atoms with Gasteiger partial charge in [0.05, 0.1) is 16.5 Å². The van der Waals surface area contributed by atoms with Gasteiger partial charge < -0.3 is 4.90 Å². The summed E-state index contributed by atoms with van der Waals surface area (Å²) in [6, 6.07) is 95.1. The van der Waals surface area contributed by atoms with Gasteiger partial charge in [0.15, 0.2) is 0 Å². The van der Waals surface area contributed by atoms with E-state index in [9.17, 15) is 0 Å². The van der Waals surface area contributed by atoms with Crippen LogP contribution in [0.5, 0.6) is 0 Å². The molecule has 1 nitrogen and oxygen atoms in total. The molecule has 0 amide bonds. The van der Waals surface area contributed by atoms with E-state index in [-0.39, 0.29) is 0 Å². The lowest BCUT2D eigenvalue weighted by Gasteiger charge is -2.36. The van der Waals surface area contributed by atoms with Crippen LogP contribution in [0.2, 0.25) is 0 Å². The van der Waals surface area contributed by atoms with Crippen LogP contribution < -0.4 is 4.90 Å². The molecule has 10 aromatic carbocycles. The quantitative estimate of drug-likeness (QED) is 0.147. The smallest absolute Gasteiger partial charge is 0.0714 e. The van der Waals surface area contributed by atoms with Gasteiger partial charge in [0.2, 0.25) is 0 Å². The third kappa shape index (κ3) is 5.59. The number of hydrogen-bond donors (Lipinski definition) is 0. The van der Waals surface area contributed by atoms with E-state index < -0.39 is 10.8 Å². The van der Waals surface area contributed by atoms with Crippen LogP contribution in [0, 0.1) is 0 Å². The summed E-state index contributed by atoms with van der Waals surface area (Å²) in [5, 5.41) is 3.45. The Morgan fingerprint density at radius 3 is 1.20 bits per heavy atom. The number of fused-ring (bicyclic) bond motifs is 7. The van der Waals surface area contributed by atoms with Crippen molar-refractivity contribution in [2.24, 2.45) is 0 Å². The lowest BCUT2D eigenvalue weighted by molar-refractivity contribution is 0.767. The maximum Gasteiger partial charge on any atom is 0.0714 e. The molecule has 0 atom stereocenters. The fourth-order valence-corrected chi connectivity index (χ4v) is 12.4. The number of hydrogen-bond acceptors (Lipinski definition) is 2. The van der Waals surface area contributed by atoms with Gasteiger partial charge in [0.25, 0.3) is 0 Å².